The molecule has 0 radical (unpaired) electrons. The Kier molecular flexibility index (Phi) is 4.22. The molecule has 0 bridgehead atoms. The smallest absolute Gasteiger partial charge is 0.251 e. The minimum absolute atomic E-state index is 0.116. The van der Waals surface area contributed by atoms with Gasteiger partial charge in [-0.05, 0) is 31.2 Å². The van der Waals surface area contributed by atoms with E-state index in [1.807, 2.05) is 24.7 Å². The predicted octanol–water partition coefficient (Wildman–Crippen LogP) is 2.35. The summed E-state index contributed by atoms with van der Waals surface area (Å²) in [5.74, 6) is -0.116. The third-order valence-electron chi connectivity index (χ3n) is 2.92. The SMILES string of the molecule is Cc1cc(CCNC(=O)c2cccc(Cl)c2)nn1C. The van der Waals surface area contributed by atoms with Gasteiger partial charge in [-0.1, -0.05) is 17.7 Å². The number of aryl methyl sites for hydroxylation is 2. The van der Waals surface area contributed by atoms with E-state index in [1.165, 1.54) is 0 Å². The lowest BCUT2D eigenvalue weighted by atomic mass is 10.2. The third-order valence-corrected chi connectivity index (χ3v) is 3.15. The van der Waals surface area contributed by atoms with Gasteiger partial charge in [0.2, 0.25) is 0 Å². The van der Waals surface area contributed by atoms with Crippen LogP contribution in [0.5, 0.6) is 0 Å². The van der Waals surface area contributed by atoms with Crippen LogP contribution in [0.15, 0.2) is 30.3 Å². The number of nitrogens with one attached hydrogen (secondary N) is 1. The van der Waals surface area contributed by atoms with Gasteiger partial charge in [-0.15, -0.1) is 0 Å². The zero-order valence-corrected chi connectivity index (χ0v) is 11.7. The summed E-state index contributed by atoms with van der Waals surface area (Å²) in [6, 6.07) is 8.92. The van der Waals surface area contributed by atoms with Crippen LogP contribution in [0.1, 0.15) is 21.7 Å². The van der Waals surface area contributed by atoms with Gasteiger partial charge >= 0.3 is 0 Å². The number of hydrogen-bond acceptors (Lipinski definition) is 2. The first-order valence-electron chi connectivity index (χ1n) is 6.09. The lowest BCUT2D eigenvalue weighted by Crippen LogP contribution is -2.25. The zero-order valence-electron chi connectivity index (χ0n) is 11.0. The molecule has 100 valence electrons. The summed E-state index contributed by atoms with van der Waals surface area (Å²) in [5, 5.41) is 7.76. The first kappa shape index (κ1) is 13.6. The van der Waals surface area contributed by atoms with E-state index in [-0.39, 0.29) is 5.91 Å². The number of amides is 1. The Morgan fingerprint density at radius 2 is 2.21 bits per heavy atom. The average molecular weight is 278 g/mol. The van der Waals surface area contributed by atoms with E-state index in [2.05, 4.69) is 10.4 Å². The van der Waals surface area contributed by atoms with Crippen molar-refractivity contribution in [2.45, 2.75) is 13.3 Å². The van der Waals surface area contributed by atoms with Crippen LogP contribution in [0.4, 0.5) is 0 Å². The lowest BCUT2D eigenvalue weighted by molar-refractivity contribution is 0.0954. The van der Waals surface area contributed by atoms with Gasteiger partial charge in [-0.25, -0.2) is 0 Å². The van der Waals surface area contributed by atoms with Crippen LogP contribution < -0.4 is 5.32 Å². The number of rotatable bonds is 4. The molecule has 1 aromatic carbocycles. The van der Waals surface area contributed by atoms with Crippen LogP contribution in [0.3, 0.4) is 0 Å². The van der Waals surface area contributed by atoms with E-state index in [4.69, 9.17) is 11.6 Å². The molecule has 19 heavy (non-hydrogen) atoms. The van der Waals surface area contributed by atoms with E-state index in [9.17, 15) is 4.79 Å². The number of halogens is 1. The van der Waals surface area contributed by atoms with Gasteiger partial charge < -0.3 is 5.32 Å². The molecule has 0 unspecified atom stereocenters. The van der Waals surface area contributed by atoms with Crippen molar-refractivity contribution in [1.82, 2.24) is 15.1 Å². The highest BCUT2D eigenvalue weighted by Crippen LogP contribution is 2.10. The average Bonchev–Trinajstić information content (AvgIpc) is 2.68. The van der Waals surface area contributed by atoms with Crippen molar-refractivity contribution >= 4 is 17.5 Å². The maximum atomic E-state index is 11.9. The standard InChI is InChI=1S/C14H16ClN3O/c1-10-8-13(17-18(10)2)6-7-16-14(19)11-4-3-5-12(15)9-11/h3-5,8-9H,6-7H2,1-2H3,(H,16,19). The lowest BCUT2D eigenvalue weighted by Gasteiger charge is -2.04. The molecule has 2 rings (SSSR count). The van der Waals surface area contributed by atoms with E-state index in [1.54, 1.807) is 24.3 Å². The molecule has 2 aromatic rings. The van der Waals surface area contributed by atoms with Gasteiger partial charge in [0.15, 0.2) is 0 Å². The van der Waals surface area contributed by atoms with Crippen LogP contribution in [0.25, 0.3) is 0 Å². The van der Waals surface area contributed by atoms with Crippen LogP contribution in [0.2, 0.25) is 5.02 Å². The second kappa shape index (κ2) is 5.89. The number of nitrogens with zero attached hydrogens (tertiary/aromatic N) is 2. The van der Waals surface area contributed by atoms with Crippen molar-refractivity contribution < 1.29 is 4.79 Å². The molecule has 0 spiro atoms. The van der Waals surface area contributed by atoms with Gasteiger partial charge in [0.1, 0.15) is 0 Å². The van der Waals surface area contributed by atoms with E-state index < -0.39 is 0 Å². The monoisotopic (exact) mass is 277 g/mol. The zero-order chi connectivity index (χ0) is 13.8. The molecule has 0 saturated carbocycles. The second-order valence-electron chi connectivity index (χ2n) is 4.42. The number of carbonyl (C=O) groups is 1. The van der Waals surface area contributed by atoms with Gasteiger partial charge in [0, 0.05) is 36.3 Å². The summed E-state index contributed by atoms with van der Waals surface area (Å²) < 4.78 is 1.83. The topological polar surface area (TPSA) is 46.9 Å². The second-order valence-corrected chi connectivity index (χ2v) is 4.85. The highest BCUT2D eigenvalue weighted by atomic mass is 35.5. The van der Waals surface area contributed by atoms with E-state index in [0.717, 1.165) is 11.4 Å². The Balaban J connectivity index is 1.87. The van der Waals surface area contributed by atoms with Gasteiger partial charge in [0.25, 0.3) is 5.91 Å². The largest absolute Gasteiger partial charge is 0.352 e. The fourth-order valence-electron chi connectivity index (χ4n) is 1.79. The molecule has 4 nitrogen and oxygen atoms in total. The molecule has 1 aromatic heterocycles. The molecule has 1 heterocycles. The van der Waals surface area contributed by atoms with Crippen LogP contribution in [-0.2, 0) is 13.5 Å². The van der Waals surface area contributed by atoms with Crippen molar-refractivity contribution in [3.63, 3.8) is 0 Å². The highest BCUT2D eigenvalue weighted by molar-refractivity contribution is 6.30. The van der Waals surface area contributed by atoms with Crippen molar-refractivity contribution in [1.29, 1.82) is 0 Å². The van der Waals surface area contributed by atoms with Crippen molar-refractivity contribution in [2.24, 2.45) is 7.05 Å². The Labute approximate surface area is 117 Å². The van der Waals surface area contributed by atoms with Gasteiger partial charge in [-0.2, -0.15) is 5.10 Å². The fourth-order valence-corrected chi connectivity index (χ4v) is 1.98. The Morgan fingerprint density at radius 3 is 2.84 bits per heavy atom. The summed E-state index contributed by atoms with van der Waals surface area (Å²) in [4.78, 5) is 11.9. The summed E-state index contributed by atoms with van der Waals surface area (Å²) in [6.07, 6.45) is 0.716. The minimum atomic E-state index is -0.116. The number of carbonyl (C=O) groups excluding carboxylic acids is 1. The molecular weight excluding hydrogens is 262 g/mol. The highest BCUT2D eigenvalue weighted by Gasteiger charge is 2.06. The van der Waals surface area contributed by atoms with Crippen LogP contribution in [0, 0.1) is 6.92 Å². The molecule has 5 heteroatoms. The van der Waals surface area contributed by atoms with Gasteiger partial charge in [-0.3, -0.25) is 9.48 Å². The molecule has 1 amide bonds. The quantitative estimate of drug-likeness (QED) is 0.932. The molecule has 0 saturated heterocycles. The maximum Gasteiger partial charge on any atom is 0.251 e. The molecule has 0 aliphatic rings. The summed E-state index contributed by atoms with van der Waals surface area (Å²) in [5.41, 5.74) is 2.66. The molecule has 0 aliphatic heterocycles. The van der Waals surface area contributed by atoms with Crippen LogP contribution in [-0.4, -0.2) is 22.2 Å². The van der Waals surface area contributed by atoms with Crippen LogP contribution >= 0.6 is 11.6 Å². The van der Waals surface area contributed by atoms with E-state index >= 15 is 0 Å². The Morgan fingerprint density at radius 1 is 1.42 bits per heavy atom. The third kappa shape index (κ3) is 3.58. The first-order chi connectivity index (χ1) is 9.06. The normalized spacial score (nSPS) is 10.5. The Hall–Kier alpha value is -1.81. The molecule has 0 fully saturated rings. The molecule has 0 aliphatic carbocycles. The number of hydrogen-bond donors (Lipinski definition) is 1. The number of aromatic nitrogens is 2. The van der Waals surface area contributed by atoms with Crippen molar-refractivity contribution in [3.05, 3.63) is 52.3 Å². The van der Waals surface area contributed by atoms with Crippen molar-refractivity contribution in [2.75, 3.05) is 6.54 Å². The first-order valence-corrected chi connectivity index (χ1v) is 6.47. The molecular formula is C14H16ClN3O. The predicted molar refractivity (Wildman–Crippen MR) is 75.4 cm³/mol. The van der Waals surface area contributed by atoms with E-state index in [0.29, 0.717) is 23.6 Å². The maximum absolute atomic E-state index is 11.9. The minimum Gasteiger partial charge on any atom is -0.352 e. The summed E-state index contributed by atoms with van der Waals surface area (Å²) in [6.45, 7) is 2.56. The van der Waals surface area contributed by atoms with Crippen molar-refractivity contribution in [3.8, 4) is 0 Å². The Bertz CT molecular complexity index is 573. The van der Waals surface area contributed by atoms with Gasteiger partial charge in [0.05, 0.1) is 5.69 Å². The summed E-state index contributed by atoms with van der Waals surface area (Å²) in [7, 11) is 1.91. The molecule has 1 N–H and O–H groups in total. The number of benzene rings is 1. The fraction of sp³-hybridized carbons (Fsp3) is 0.286. The molecule has 0 atom stereocenters. The summed E-state index contributed by atoms with van der Waals surface area (Å²) >= 11 is 5.85.